The lowest BCUT2D eigenvalue weighted by molar-refractivity contribution is 0.563. The first-order chi connectivity index (χ1) is 7.06. The number of nitrogens with one attached hydrogen (secondary N) is 1. The molecule has 0 atom stereocenters. The predicted molar refractivity (Wildman–Crippen MR) is 65.3 cm³/mol. The molecule has 1 N–H and O–H groups in total. The van der Waals surface area contributed by atoms with Gasteiger partial charge in [0.05, 0.1) is 0 Å². The van der Waals surface area contributed by atoms with Gasteiger partial charge in [0.1, 0.15) is 5.94 Å². The van der Waals surface area contributed by atoms with Crippen molar-refractivity contribution >= 4 is 5.94 Å². The first kappa shape index (κ1) is 13.7. The number of rotatable bonds is 8. The van der Waals surface area contributed by atoms with E-state index in [-0.39, 0.29) is 0 Å². The molecule has 15 heavy (non-hydrogen) atoms. The number of hydrogen-bond donors (Lipinski definition) is 1. The van der Waals surface area contributed by atoms with Crippen molar-refractivity contribution in [3.63, 3.8) is 0 Å². The molecule has 0 heterocycles. The molecule has 0 saturated carbocycles. The molecular weight excluding hydrogens is 186 g/mol. The highest BCUT2D eigenvalue weighted by Crippen LogP contribution is 2.12. The third-order valence-electron chi connectivity index (χ3n) is 1.99. The van der Waals surface area contributed by atoms with Gasteiger partial charge in [0, 0.05) is 17.8 Å². The van der Waals surface area contributed by atoms with Crippen LogP contribution in [-0.4, -0.2) is 12.5 Å². The number of carbonyl (C=O) groups excluding carboxylic acids is 1. The molecule has 0 spiro atoms. The SMILES string of the molecule is C=C(C)CC(=C=O)CCCCNC(=C)C. The normalized spacial score (nSPS) is 9.20. The quantitative estimate of drug-likeness (QED) is 0.376. The van der Waals surface area contributed by atoms with Gasteiger partial charge in [0.2, 0.25) is 0 Å². The Morgan fingerprint density at radius 3 is 2.40 bits per heavy atom. The van der Waals surface area contributed by atoms with Crippen LogP contribution in [0, 0.1) is 0 Å². The molecule has 0 rings (SSSR count). The van der Waals surface area contributed by atoms with Gasteiger partial charge >= 0.3 is 0 Å². The minimum atomic E-state index is 0.692. The molecule has 2 heteroatoms. The van der Waals surface area contributed by atoms with Gasteiger partial charge in [0.15, 0.2) is 0 Å². The van der Waals surface area contributed by atoms with Crippen molar-refractivity contribution in [3.05, 3.63) is 30.0 Å². The summed E-state index contributed by atoms with van der Waals surface area (Å²) in [5, 5.41) is 3.16. The lowest BCUT2D eigenvalue weighted by Gasteiger charge is -2.05. The maximum absolute atomic E-state index is 10.6. The minimum Gasteiger partial charge on any atom is -0.389 e. The smallest absolute Gasteiger partial charge is 0.123 e. The van der Waals surface area contributed by atoms with Gasteiger partial charge in [-0.25, -0.2) is 4.79 Å². The Labute approximate surface area is 92.8 Å². The summed E-state index contributed by atoms with van der Waals surface area (Å²) in [6, 6.07) is 0. The van der Waals surface area contributed by atoms with Crippen molar-refractivity contribution < 1.29 is 4.79 Å². The van der Waals surface area contributed by atoms with Gasteiger partial charge in [-0.3, -0.25) is 0 Å². The molecule has 0 aliphatic carbocycles. The van der Waals surface area contributed by atoms with Crippen molar-refractivity contribution in [1.82, 2.24) is 5.32 Å². The zero-order valence-corrected chi connectivity index (χ0v) is 9.86. The molecule has 84 valence electrons. The molecule has 0 amide bonds. The number of allylic oxidation sites excluding steroid dienone is 3. The molecule has 0 fully saturated rings. The zero-order valence-electron chi connectivity index (χ0n) is 9.86. The topological polar surface area (TPSA) is 29.1 Å². The summed E-state index contributed by atoms with van der Waals surface area (Å²) >= 11 is 0. The monoisotopic (exact) mass is 207 g/mol. The fraction of sp³-hybridized carbons (Fsp3) is 0.538. The van der Waals surface area contributed by atoms with Crippen molar-refractivity contribution in [2.45, 2.75) is 39.5 Å². The Bertz CT molecular complexity index is 272. The van der Waals surface area contributed by atoms with Crippen molar-refractivity contribution in [2.24, 2.45) is 0 Å². The number of unbranched alkanes of at least 4 members (excludes halogenated alkanes) is 1. The average Bonchev–Trinajstić information content (AvgIpc) is 2.14. The molecule has 0 radical (unpaired) electrons. The number of hydrogen-bond acceptors (Lipinski definition) is 2. The van der Waals surface area contributed by atoms with E-state index in [9.17, 15) is 4.79 Å². The van der Waals surface area contributed by atoms with Crippen LogP contribution in [0.1, 0.15) is 39.5 Å². The summed E-state index contributed by atoms with van der Waals surface area (Å²) in [5.74, 6) is 2.00. The van der Waals surface area contributed by atoms with Crippen LogP contribution in [0.4, 0.5) is 0 Å². The van der Waals surface area contributed by atoms with E-state index in [1.165, 1.54) is 0 Å². The van der Waals surface area contributed by atoms with Crippen LogP contribution < -0.4 is 5.32 Å². The van der Waals surface area contributed by atoms with Gasteiger partial charge < -0.3 is 5.32 Å². The van der Waals surface area contributed by atoms with E-state index < -0.39 is 0 Å². The largest absolute Gasteiger partial charge is 0.389 e. The molecule has 0 aliphatic rings. The lowest BCUT2D eigenvalue weighted by Crippen LogP contribution is -2.11. The van der Waals surface area contributed by atoms with E-state index in [1.807, 2.05) is 19.8 Å². The summed E-state index contributed by atoms with van der Waals surface area (Å²) < 4.78 is 0. The van der Waals surface area contributed by atoms with E-state index >= 15 is 0 Å². The fourth-order valence-electron chi connectivity index (χ4n) is 1.30. The highest BCUT2D eigenvalue weighted by Gasteiger charge is 1.99. The zero-order chi connectivity index (χ0) is 11.7. The first-order valence-corrected chi connectivity index (χ1v) is 5.33. The molecule has 0 unspecified atom stereocenters. The van der Waals surface area contributed by atoms with E-state index in [0.29, 0.717) is 6.42 Å². The van der Waals surface area contributed by atoms with Gasteiger partial charge in [-0.1, -0.05) is 18.7 Å². The summed E-state index contributed by atoms with van der Waals surface area (Å²) in [6.45, 7) is 12.3. The van der Waals surface area contributed by atoms with Crippen LogP contribution >= 0.6 is 0 Å². The fourth-order valence-corrected chi connectivity index (χ4v) is 1.30. The second-order valence-corrected chi connectivity index (χ2v) is 4.00. The lowest BCUT2D eigenvalue weighted by atomic mass is 10.0. The second kappa shape index (κ2) is 8.07. The Morgan fingerprint density at radius 1 is 1.27 bits per heavy atom. The molecular formula is C13H21NO. The van der Waals surface area contributed by atoms with E-state index in [2.05, 4.69) is 18.5 Å². The van der Waals surface area contributed by atoms with Crippen LogP contribution in [0.5, 0.6) is 0 Å². The standard InChI is InChI=1S/C13H21NO/c1-11(2)9-13(10-15)7-5-6-8-14-12(3)4/h14H,1,3,5-9H2,2,4H3. The van der Waals surface area contributed by atoms with Gasteiger partial charge in [-0.15, -0.1) is 0 Å². The van der Waals surface area contributed by atoms with Crippen molar-refractivity contribution in [1.29, 1.82) is 0 Å². The molecule has 0 bridgehead atoms. The van der Waals surface area contributed by atoms with Crippen molar-refractivity contribution in [2.75, 3.05) is 6.54 Å². The van der Waals surface area contributed by atoms with Gasteiger partial charge in [0.25, 0.3) is 0 Å². The Morgan fingerprint density at radius 2 is 1.93 bits per heavy atom. The highest BCUT2D eigenvalue weighted by molar-refractivity contribution is 5.53. The Kier molecular flexibility index (Phi) is 7.39. The van der Waals surface area contributed by atoms with E-state index in [1.54, 1.807) is 0 Å². The van der Waals surface area contributed by atoms with Crippen LogP contribution in [0.25, 0.3) is 0 Å². The van der Waals surface area contributed by atoms with Gasteiger partial charge in [-0.2, -0.15) is 0 Å². The highest BCUT2D eigenvalue weighted by atomic mass is 16.1. The summed E-state index contributed by atoms with van der Waals surface area (Å²) in [6.07, 6.45) is 3.58. The summed E-state index contributed by atoms with van der Waals surface area (Å²) in [4.78, 5) is 10.6. The van der Waals surface area contributed by atoms with Crippen LogP contribution in [0.15, 0.2) is 30.0 Å². The van der Waals surface area contributed by atoms with E-state index in [0.717, 1.165) is 42.7 Å². The van der Waals surface area contributed by atoms with Crippen molar-refractivity contribution in [3.8, 4) is 0 Å². The Hall–Kier alpha value is -1.27. The van der Waals surface area contributed by atoms with Crippen LogP contribution in [-0.2, 0) is 4.79 Å². The molecule has 0 aromatic carbocycles. The molecule has 0 aromatic rings. The van der Waals surface area contributed by atoms with Crippen LogP contribution in [0.2, 0.25) is 0 Å². The second-order valence-electron chi connectivity index (χ2n) is 4.00. The maximum atomic E-state index is 10.6. The third kappa shape index (κ3) is 9.04. The summed E-state index contributed by atoms with van der Waals surface area (Å²) in [7, 11) is 0. The van der Waals surface area contributed by atoms with Crippen LogP contribution in [0.3, 0.4) is 0 Å². The molecule has 0 aromatic heterocycles. The molecule has 2 nitrogen and oxygen atoms in total. The third-order valence-corrected chi connectivity index (χ3v) is 1.99. The summed E-state index contributed by atoms with van der Waals surface area (Å²) in [5.41, 5.74) is 2.84. The average molecular weight is 207 g/mol. The Balaban J connectivity index is 3.61. The predicted octanol–water partition coefficient (Wildman–Crippen LogP) is 3.00. The maximum Gasteiger partial charge on any atom is 0.123 e. The first-order valence-electron chi connectivity index (χ1n) is 5.33. The molecule has 0 aliphatic heterocycles. The van der Waals surface area contributed by atoms with E-state index in [4.69, 9.17) is 0 Å². The van der Waals surface area contributed by atoms with Gasteiger partial charge in [-0.05, 0) is 39.5 Å². The molecule has 0 saturated heterocycles. The minimum absolute atomic E-state index is 0.692.